The lowest BCUT2D eigenvalue weighted by Gasteiger charge is -2.17. The number of aryl methyl sites for hydroxylation is 1. The number of benzene rings is 1. The number of hydrogen-bond acceptors (Lipinski definition) is 8. The van der Waals surface area contributed by atoms with Gasteiger partial charge in [0.25, 0.3) is 0 Å². The Morgan fingerprint density at radius 1 is 1.19 bits per heavy atom. The van der Waals surface area contributed by atoms with E-state index in [0.29, 0.717) is 23.6 Å². The zero-order chi connectivity index (χ0) is 24.4. The number of fused-ring (bicyclic) bond motifs is 3. The molecular formula is C27H30N6O2S. The van der Waals surface area contributed by atoms with Gasteiger partial charge < -0.3 is 20.5 Å². The molecule has 0 bridgehead atoms. The second-order valence-corrected chi connectivity index (χ2v) is 11.4. The van der Waals surface area contributed by atoms with Gasteiger partial charge in [0, 0.05) is 41.4 Å². The monoisotopic (exact) mass is 502 g/mol. The molecule has 1 aliphatic heterocycles. The number of imidazole rings is 1. The molecule has 4 aromatic rings. The molecule has 3 aliphatic rings. The van der Waals surface area contributed by atoms with Gasteiger partial charge >= 0.3 is 0 Å². The number of nitrogens with one attached hydrogen (secondary N) is 1. The van der Waals surface area contributed by atoms with Crippen molar-refractivity contribution in [3.8, 4) is 11.3 Å². The van der Waals surface area contributed by atoms with E-state index in [1.165, 1.54) is 17.0 Å². The molecule has 1 aromatic carbocycles. The van der Waals surface area contributed by atoms with Gasteiger partial charge in [-0.15, -0.1) is 11.3 Å². The number of ether oxygens (including phenoxy) is 2. The fraction of sp³-hybridized carbons (Fsp3) is 0.444. The molecule has 1 saturated heterocycles. The summed E-state index contributed by atoms with van der Waals surface area (Å²) in [6.45, 7) is 3.96. The van der Waals surface area contributed by atoms with Crippen LogP contribution < -0.4 is 11.1 Å². The van der Waals surface area contributed by atoms with Gasteiger partial charge in [0.15, 0.2) is 11.4 Å². The normalized spacial score (nSPS) is 25.5. The number of nitrogens with two attached hydrogens (primary N) is 1. The zero-order valence-electron chi connectivity index (χ0n) is 20.5. The highest BCUT2D eigenvalue weighted by Gasteiger charge is 2.56. The molecule has 3 N–H and O–H groups in total. The molecule has 3 aromatic heterocycles. The molecule has 186 valence electrons. The highest BCUT2D eigenvalue weighted by molar-refractivity contribution is 7.15. The first kappa shape index (κ1) is 22.2. The van der Waals surface area contributed by atoms with E-state index >= 15 is 0 Å². The molecule has 0 spiro atoms. The quantitative estimate of drug-likeness (QED) is 0.369. The van der Waals surface area contributed by atoms with Crippen molar-refractivity contribution < 1.29 is 9.47 Å². The average molecular weight is 503 g/mol. The standard InChI is InChI=1S/C27H30N6O2S/c1-14-3-8-19-20(11-14)36-27(30-19)32-26(34-2)16-6-4-15(5-7-16)22-23-24(28)29-9-10-33(23)25(31-22)21-17-12-35-13-18(17)21/h4-7,9-10,14,17-18,21,26H,3,8,11-13H2,1-2H3,(H2,28,29)(H,30,32)/t14?,17-,18?,21?,26?/m1/s1. The largest absolute Gasteiger partial charge is 0.382 e. The molecule has 2 aliphatic carbocycles. The number of nitrogen functional groups attached to an aromatic ring is 1. The molecule has 36 heavy (non-hydrogen) atoms. The second-order valence-electron chi connectivity index (χ2n) is 10.4. The van der Waals surface area contributed by atoms with E-state index < -0.39 is 0 Å². The predicted octanol–water partition coefficient (Wildman–Crippen LogP) is 4.68. The maximum Gasteiger partial charge on any atom is 0.185 e. The molecule has 1 saturated carbocycles. The summed E-state index contributed by atoms with van der Waals surface area (Å²) in [5.41, 5.74) is 11.4. The maximum atomic E-state index is 6.35. The third-order valence-corrected chi connectivity index (χ3v) is 9.08. The number of hydrogen-bond donors (Lipinski definition) is 2. The Kier molecular flexibility index (Phi) is 5.27. The Morgan fingerprint density at radius 3 is 2.78 bits per heavy atom. The lowest BCUT2D eigenvalue weighted by Crippen LogP contribution is -2.12. The molecule has 2 fully saturated rings. The van der Waals surface area contributed by atoms with Gasteiger partial charge in [-0.25, -0.2) is 15.0 Å². The second kappa shape index (κ2) is 8.54. The van der Waals surface area contributed by atoms with E-state index in [1.54, 1.807) is 24.6 Å². The Morgan fingerprint density at radius 2 is 2.00 bits per heavy atom. The maximum absolute atomic E-state index is 6.35. The average Bonchev–Trinajstić information content (AvgIpc) is 3.28. The van der Waals surface area contributed by atoms with Crippen LogP contribution in [0.25, 0.3) is 16.8 Å². The smallest absolute Gasteiger partial charge is 0.185 e. The van der Waals surface area contributed by atoms with E-state index in [-0.39, 0.29) is 6.23 Å². The van der Waals surface area contributed by atoms with Gasteiger partial charge in [-0.05, 0) is 37.0 Å². The first-order chi connectivity index (χ1) is 17.6. The van der Waals surface area contributed by atoms with Gasteiger partial charge in [-0.3, -0.25) is 4.40 Å². The van der Waals surface area contributed by atoms with Crippen LogP contribution in [0, 0.1) is 17.8 Å². The fourth-order valence-electron chi connectivity index (χ4n) is 5.95. The van der Waals surface area contributed by atoms with Crippen molar-refractivity contribution in [1.29, 1.82) is 0 Å². The Labute approximate surface area is 213 Å². The summed E-state index contributed by atoms with van der Waals surface area (Å²) in [6, 6.07) is 8.35. The van der Waals surface area contributed by atoms with Crippen LogP contribution in [-0.4, -0.2) is 39.7 Å². The van der Waals surface area contributed by atoms with E-state index in [9.17, 15) is 0 Å². The van der Waals surface area contributed by atoms with E-state index in [0.717, 1.165) is 65.3 Å². The van der Waals surface area contributed by atoms with Crippen molar-refractivity contribution in [2.24, 2.45) is 17.8 Å². The number of thiazole rings is 1. The first-order valence-electron chi connectivity index (χ1n) is 12.7. The zero-order valence-corrected chi connectivity index (χ0v) is 21.3. The Hall–Kier alpha value is -3.01. The van der Waals surface area contributed by atoms with Crippen molar-refractivity contribution in [1.82, 2.24) is 19.4 Å². The van der Waals surface area contributed by atoms with Crippen LogP contribution in [-0.2, 0) is 22.3 Å². The predicted molar refractivity (Wildman–Crippen MR) is 140 cm³/mol. The van der Waals surface area contributed by atoms with Gasteiger partial charge in [-0.2, -0.15) is 0 Å². The lowest BCUT2D eigenvalue weighted by molar-refractivity contribution is 0.127. The van der Waals surface area contributed by atoms with Crippen LogP contribution in [0.3, 0.4) is 0 Å². The van der Waals surface area contributed by atoms with E-state index in [2.05, 4.69) is 45.9 Å². The van der Waals surface area contributed by atoms with Crippen molar-refractivity contribution >= 4 is 27.8 Å². The minimum Gasteiger partial charge on any atom is -0.382 e. The van der Waals surface area contributed by atoms with Gasteiger partial charge in [0.2, 0.25) is 0 Å². The summed E-state index contributed by atoms with van der Waals surface area (Å²) < 4.78 is 13.5. The fourth-order valence-corrected chi connectivity index (χ4v) is 7.14. The van der Waals surface area contributed by atoms with E-state index in [4.69, 9.17) is 25.2 Å². The van der Waals surface area contributed by atoms with Crippen LogP contribution in [0.1, 0.15) is 47.4 Å². The molecule has 4 heterocycles. The molecule has 0 amide bonds. The van der Waals surface area contributed by atoms with Crippen LogP contribution in [0.2, 0.25) is 0 Å². The molecule has 7 rings (SSSR count). The molecule has 5 atom stereocenters. The molecule has 4 unspecified atom stereocenters. The minimum absolute atomic E-state index is 0.282. The third kappa shape index (κ3) is 3.60. The minimum atomic E-state index is -0.282. The summed E-state index contributed by atoms with van der Waals surface area (Å²) in [4.78, 5) is 15.7. The highest BCUT2D eigenvalue weighted by atomic mass is 32.1. The molecule has 0 radical (unpaired) electrons. The van der Waals surface area contributed by atoms with Crippen LogP contribution in [0.5, 0.6) is 0 Å². The van der Waals surface area contributed by atoms with Crippen LogP contribution >= 0.6 is 11.3 Å². The summed E-state index contributed by atoms with van der Waals surface area (Å²) in [5.74, 6) is 3.84. The van der Waals surface area contributed by atoms with E-state index in [1.807, 2.05) is 6.20 Å². The Bertz CT molecular complexity index is 1420. The van der Waals surface area contributed by atoms with Crippen molar-refractivity contribution in [3.63, 3.8) is 0 Å². The number of rotatable bonds is 6. The third-order valence-electron chi connectivity index (χ3n) is 8.02. The summed E-state index contributed by atoms with van der Waals surface area (Å²) >= 11 is 1.75. The number of nitrogens with zero attached hydrogens (tertiary/aromatic N) is 4. The molecule has 9 heteroatoms. The first-order valence-corrected chi connectivity index (χ1v) is 13.5. The highest BCUT2D eigenvalue weighted by Crippen LogP contribution is 2.57. The number of methoxy groups -OCH3 is 1. The number of aromatic nitrogens is 4. The van der Waals surface area contributed by atoms with Gasteiger partial charge in [-0.1, -0.05) is 31.2 Å². The van der Waals surface area contributed by atoms with Crippen LogP contribution in [0.4, 0.5) is 10.9 Å². The number of anilines is 2. The topological polar surface area (TPSA) is 99.6 Å². The Balaban J connectivity index is 1.17. The van der Waals surface area contributed by atoms with Crippen molar-refractivity contribution in [2.45, 2.75) is 38.3 Å². The van der Waals surface area contributed by atoms with Crippen molar-refractivity contribution in [3.05, 3.63) is 58.6 Å². The molecule has 8 nitrogen and oxygen atoms in total. The van der Waals surface area contributed by atoms with Crippen molar-refractivity contribution in [2.75, 3.05) is 31.4 Å². The molecular weight excluding hydrogens is 472 g/mol. The van der Waals surface area contributed by atoms with Crippen LogP contribution in [0.15, 0.2) is 36.7 Å². The summed E-state index contributed by atoms with van der Waals surface area (Å²) in [6.07, 6.45) is 6.84. The van der Waals surface area contributed by atoms with Gasteiger partial charge in [0.05, 0.1) is 18.9 Å². The van der Waals surface area contributed by atoms with Gasteiger partial charge in [0.1, 0.15) is 22.9 Å². The summed E-state index contributed by atoms with van der Waals surface area (Å²) in [5, 5.41) is 4.41. The summed E-state index contributed by atoms with van der Waals surface area (Å²) in [7, 11) is 1.72. The SMILES string of the molecule is COC(Nc1nc2c(s1)CC(C)CC2)c1ccc(-c2nc(C3C4COC[C@H]43)n3ccnc(N)c23)cc1. The lowest BCUT2D eigenvalue weighted by atomic mass is 9.93.